The monoisotopic (exact) mass is 1070 g/mol. The summed E-state index contributed by atoms with van der Waals surface area (Å²) in [5.74, 6) is -0.916. The SMILES string of the molecule is CC/C=C\C/C=C\C/C=C\C/C=C\CCCCCCCCC(=O)OC(COC(=O)CCCCCC/C=C\C/C=C\C/C=C\C/C=C\CC)COC(=O)CCCCCCCCCCCCCCCCCCCCCCCCC. The second-order valence-corrected chi connectivity index (χ2v) is 21.6. The lowest BCUT2D eigenvalue weighted by Crippen LogP contribution is -2.30. The normalized spacial score (nSPS) is 12.7. The Bertz CT molecular complexity index is 1510. The van der Waals surface area contributed by atoms with Gasteiger partial charge in [-0.3, -0.25) is 14.4 Å². The quantitative estimate of drug-likeness (QED) is 0.0261. The molecule has 442 valence electrons. The van der Waals surface area contributed by atoms with Crippen LogP contribution in [0.5, 0.6) is 0 Å². The molecule has 0 aliphatic carbocycles. The van der Waals surface area contributed by atoms with Crippen LogP contribution in [0.25, 0.3) is 0 Å². The van der Waals surface area contributed by atoms with Crippen molar-refractivity contribution in [3.05, 3.63) is 97.2 Å². The van der Waals surface area contributed by atoms with Gasteiger partial charge in [0.1, 0.15) is 13.2 Å². The van der Waals surface area contributed by atoms with Crippen LogP contribution >= 0.6 is 0 Å². The van der Waals surface area contributed by atoms with Gasteiger partial charge in [0.2, 0.25) is 0 Å². The summed E-state index contributed by atoms with van der Waals surface area (Å²) in [5.41, 5.74) is 0. The third-order valence-electron chi connectivity index (χ3n) is 14.1. The third-order valence-corrected chi connectivity index (χ3v) is 14.1. The minimum Gasteiger partial charge on any atom is -0.462 e. The fourth-order valence-corrected chi connectivity index (χ4v) is 9.25. The summed E-state index contributed by atoms with van der Waals surface area (Å²) < 4.78 is 16.9. The molecule has 0 radical (unpaired) electrons. The molecule has 0 aliphatic rings. The first-order chi connectivity index (χ1) is 38.0. The molecule has 1 atom stereocenters. The summed E-state index contributed by atoms with van der Waals surface area (Å²) in [7, 11) is 0. The van der Waals surface area contributed by atoms with E-state index < -0.39 is 6.10 Å². The number of carbonyl (C=O) groups is 3. The van der Waals surface area contributed by atoms with E-state index in [-0.39, 0.29) is 31.1 Å². The molecule has 0 aliphatic heterocycles. The lowest BCUT2D eigenvalue weighted by Gasteiger charge is -2.18. The van der Waals surface area contributed by atoms with E-state index in [2.05, 4.69) is 118 Å². The van der Waals surface area contributed by atoms with Crippen molar-refractivity contribution in [1.82, 2.24) is 0 Å². The van der Waals surface area contributed by atoms with E-state index in [0.717, 1.165) is 135 Å². The summed E-state index contributed by atoms with van der Waals surface area (Å²) in [6, 6.07) is 0. The smallest absolute Gasteiger partial charge is 0.306 e. The minimum absolute atomic E-state index is 0.0895. The Labute approximate surface area is 477 Å². The molecular formula is C71H122O6. The molecule has 6 nitrogen and oxygen atoms in total. The maximum Gasteiger partial charge on any atom is 0.306 e. The average Bonchev–Trinajstić information content (AvgIpc) is 3.43. The molecule has 0 spiro atoms. The molecule has 0 rings (SSSR count). The van der Waals surface area contributed by atoms with Crippen LogP contribution in [-0.4, -0.2) is 37.2 Å². The molecule has 0 amide bonds. The Balaban J connectivity index is 4.39. The highest BCUT2D eigenvalue weighted by atomic mass is 16.6. The van der Waals surface area contributed by atoms with Gasteiger partial charge in [-0.25, -0.2) is 0 Å². The Morgan fingerprint density at radius 1 is 0.273 bits per heavy atom. The molecule has 0 bridgehead atoms. The first-order valence-corrected chi connectivity index (χ1v) is 32.7. The molecule has 0 aromatic carbocycles. The van der Waals surface area contributed by atoms with Crippen LogP contribution in [0.15, 0.2) is 97.2 Å². The van der Waals surface area contributed by atoms with Crippen molar-refractivity contribution in [3.63, 3.8) is 0 Å². The van der Waals surface area contributed by atoms with Crippen molar-refractivity contribution in [3.8, 4) is 0 Å². The number of carbonyl (C=O) groups excluding carboxylic acids is 3. The number of rotatable bonds is 59. The van der Waals surface area contributed by atoms with Crippen molar-refractivity contribution in [1.29, 1.82) is 0 Å². The zero-order chi connectivity index (χ0) is 55.7. The lowest BCUT2D eigenvalue weighted by molar-refractivity contribution is -0.167. The van der Waals surface area contributed by atoms with Crippen LogP contribution in [0.1, 0.15) is 316 Å². The van der Waals surface area contributed by atoms with Crippen LogP contribution in [-0.2, 0) is 28.6 Å². The second-order valence-electron chi connectivity index (χ2n) is 21.6. The topological polar surface area (TPSA) is 78.9 Å². The van der Waals surface area contributed by atoms with Crippen LogP contribution in [0.3, 0.4) is 0 Å². The van der Waals surface area contributed by atoms with Gasteiger partial charge in [0.15, 0.2) is 6.10 Å². The highest BCUT2D eigenvalue weighted by Gasteiger charge is 2.19. The maximum absolute atomic E-state index is 12.9. The van der Waals surface area contributed by atoms with Gasteiger partial charge in [0.25, 0.3) is 0 Å². The van der Waals surface area contributed by atoms with Crippen LogP contribution in [0, 0.1) is 0 Å². The van der Waals surface area contributed by atoms with E-state index in [0.29, 0.717) is 19.3 Å². The fraction of sp³-hybridized carbons (Fsp3) is 0.732. The molecule has 0 fully saturated rings. The molecule has 0 aromatic rings. The standard InChI is InChI=1S/C71H122O6/c1-4-7-10-13-16-19-22-25-28-31-33-34-35-36-38-40-43-46-49-52-55-58-61-64-70(73)76-67-68(66-75-69(72)63-60-57-54-51-48-45-42-39-30-27-24-21-18-15-12-9-6-3)77-71(74)65-62-59-56-53-50-47-44-41-37-32-29-26-23-20-17-14-11-8-5-2/h8-9,11-12,17-18,20-21,26-27,29-30,37,41-42,45,68H,4-7,10,13-16,19,22-25,28,31-36,38-40,43-44,46-67H2,1-3H3/b11-8-,12-9-,20-17-,21-18-,29-26-,30-27-,41-37-,45-42-. The number of allylic oxidation sites excluding steroid dienone is 16. The van der Waals surface area contributed by atoms with Crippen molar-refractivity contribution in [2.45, 2.75) is 322 Å². The van der Waals surface area contributed by atoms with E-state index in [9.17, 15) is 14.4 Å². The molecule has 77 heavy (non-hydrogen) atoms. The Morgan fingerprint density at radius 3 is 0.792 bits per heavy atom. The van der Waals surface area contributed by atoms with Crippen molar-refractivity contribution >= 4 is 17.9 Å². The Kier molecular flexibility index (Phi) is 61.8. The summed E-state index contributed by atoms with van der Waals surface area (Å²) in [5, 5.41) is 0. The largest absolute Gasteiger partial charge is 0.462 e. The van der Waals surface area contributed by atoms with Gasteiger partial charge in [-0.15, -0.1) is 0 Å². The van der Waals surface area contributed by atoms with Gasteiger partial charge in [0, 0.05) is 19.3 Å². The number of esters is 3. The van der Waals surface area contributed by atoms with E-state index in [1.807, 2.05) is 0 Å². The number of hydrogen-bond donors (Lipinski definition) is 0. The molecule has 6 heteroatoms. The van der Waals surface area contributed by atoms with Crippen LogP contribution < -0.4 is 0 Å². The van der Waals surface area contributed by atoms with E-state index >= 15 is 0 Å². The number of hydrogen-bond acceptors (Lipinski definition) is 6. The molecule has 0 saturated carbocycles. The van der Waals surface area contributed by atoms with E-state index in [4.69, 9.17) is 14.2 Å². The lowest BCUT2D eigenvalue weighted by atomic mass is 10.0. The van der Waals surface area contributed by atoms with Crippen molar-refractivity contribution in [2.24, 2.45) is 0 Å². The first-order valence-electron chi connectivity index (χ1n) is 32.7. The summed E-state index contributed by atoms with van der Waals surface area (Å²) in [4.78, 5) is 38.4. The van der Waals surface area contributed by atoms with Gasteiger partial charge in [-0.2, -0.15) is 0 Å². The summed E-state index contributed by atoms with van der Waals surface area (Å²) in [6.07, 6.45) is 87.0. The van der Waals surface area contributed by atoms with Gasteiger partial charge < -0.3 is 14.2 Å². The van der Waals surface area contributed by atoms with Crippen LogP contribution in [0.4, 0.5) is 0 Å². The first kappa shape index (κ1) is 73.3. The Hall–Kier alpha value is -3.67. The molecule has 1 unspecified atom stereocenters. The van der Waals surface area contributed by atoms with Gasteiger partial charge >= 0.3 is 17.9 Å². The number of ether oxygens (including phenoxy) is 3. The molecule has 0 heterocycles. The van der Waals surface area contributed by atoms with Gasteiger partial charge in [-0.1, -0.05) is 298 Å². The number of unbranched alkanes of at least 4 members (excludes halogenated alkanes) is 32. The second kappa shape index (κ2) is 64.9. The van der Waals surface area contributed by atoms with E-state index in [1.54, 1.807) is 0 Å². The molecule has 0 aromatic heterocycles. The van der Waals surface area contributed by atoms with Gasteiger partial charge in [-0.05, 0) is 96.3 Å². The maximum atomic E-state index is 12.9. The third kappa shape index (κ3) is 63.0. The highest BCUT2D eigenvalue weighted by Crippen LogP contribution is 2.17. The Morgan fingerprint density at radius 2 is 0.506 bits per heavy atom. The minimum atomic E-state index is -0.797. The van der Waals surface area contributed by atoms with Crippen molar-refractivity contribution < 1.29 is 28.6 Å². The molecule has 0 saturated heterocycles. The predicted octanol–water partition coefficient (Wildman–Crippen LogP) is 22.4. The summed E-state index contributed by atoms with van der Waals surface area (Å²) in [6.45, 7) is 6.42. The zero-order valence-electron chi connectivity index (χ0n) is 50.7. The fourth-order valence-electron chi connectivity index (χ4n) is 9.25. The predicted molar refractivity (Wildman–Crippen MR) is 334 cm³/mol. The molecule has 0 N–H and O–H groups in total. The van der Waals surface area contributed by atoms with Gasteiger partial charge in [0.05, 0.1) is 0 Å². The van der Waals surface area contributed by atoms with Crippen molar-refractivity contribution in [2.75, 3.05) is 13.2 Å². The zero-order valence-corrected chi connectivity index (χ0v) is 50.7. The summed E-state index contributed by atoms with van der Waals surface area (Å²) >= 11 is 0. The highest BCUT2D eigenvalue weighted by molar-refractivity contribution is 5.71. The van der Waals surface area contributed by atoms with Crippen LogP contribution in [0.2, 0.25) is 0 Å². The van der Waals surface area contributed by atoms with E-state index in [1.165, 1.54) is 141 Å². The average molecular weight is 1070 g/mol. The molecular weight excluding hydrogens is 949 g/mol.